The van der Waals surface area contributed by atoms with Gasteiger partial charge in [0, 0.05) is 38.6 Å². The van der Waals surface area contributed by atoms with Crippen LogP contribution in [0.15, 0.2) is 36.4 Å². The Morgan fingerprint density at radius 3 is 2.60 bits per heavy atom. The summed E-state index contributed by atoms with van der Waals surface area (Å²) in [5.41, 5.74) is 1.000. The third-order valence-electron chi connectivity index (χ3n) is 4.55. The molecule has 2 aliphatic rings. The Bertz CT molecular complexity index is 598. The lowest BCUT2D eigenvalue weighted by Crippen LogP contribution is -2.38. The topological polar surface area (TPSA) is 60.9 Å². The normalized spacial score (nSPS) is 18.4. The average molecular weight is 348 g/mol. The van der Waals surface area contributed by atoms with Crippen molar-refractivity contribution in [2.45, 2.75) is 25.8 Å². The lowest BCUT2D eigenvalue weighted by atomic mass is 10.1. The zero-order valence-electron chi connectivity index (χ0n) is 14.3. The molecule has 0 unspecified atom stereocenters. The van der Waals surface area contributed by atoms with E-state index in [0.29, 0.717) is 5.91 Å². The third kappa shape index (κ3) is 5.98. The molecule has 1 amide bonds. The van der Waals surface area contributed by atoms with E-state index in [1.165, 1.54) is 6.07 Å². The van der Waals surface area contributed by atoms with Crippen LogP contribution in [0, 0.1) is 11.7 Å². The fraction of sp³-hybridized carbons (Fsp3) is 0.474. The third-order valence-corrected chi connectivity index (χ3v) is 4.55. The Balaban J connectivity index is 0.000000701. The smallest absolute Gasteiger partial charge is 0.290 e. The molecule has 0 spiro atoms. The molecule has 136 valence electrons. The van der Waals surface area contributed by atoms with Gasteiger partial charge in [0.25, 0.3) is 6.47 Å². The molecule has 6 heteroatoms. The van der Waals surface area contributed by atoms with Crippen LogP contribution in [0.3, 0.4) is 0 Å². The number of nitrogens with zero attached hydrogens (tertiary/aromatic N) is 2. The van der Waals surface area contributed by atoms with E-state index in [-0.39, 0.29) is 18.2 Å². The SMILES string of the molecule is O=C(C1CC=CC1)N1CCCN(Cc2cccc(F)c2)CC1.O=CO. The van der Waals surface area contributed by atoms with Gasteiger partial charge in [-0.25, -0.2) is 4.39 Å². The van der Waals surface area contributed by atoms with Crippen LogP contribution in [-0.4, -0.2) is 53.5 Å². The number of hydrogen-bond donors (Lipinski definition) is 1. The van der Waals surface area contributed by atoms with E-state index < -0.39 is 0 Å². The fourth-order valence-electron chi connectivity index (χ4n) is 3.32. The molecule has 1 aromatic carbocycles. The summed E-state index contributed by atoms with van der Waals surface area (Å²) >= 11 is 0. The van der Waals surface area contributed by atoms with E-state index >= 15 is 0 Å². The zero-order chi connectivity index (χ0) is 18.1. The van der Waals surface area contributed by atoms with Crippen LogP contribution >= 0.6 is 0 Å². The number of carbonyl (C=O) groups excluding carboxylic acids is 1. The second-order valence-corrected chi connectivity index (χ2v) is 6.33. The summed E-state index contributed by atoms with van der Waals surface area (Å²) in [6, 6.07) is 6.78. The van der Waals surface area contributed by atoms with Crippen molar-refractivity contribution in [2.75, 3.05) is 26.2 Å². The predicted octanol–water partition coefficient (Wildman–Crippen LogP) is 2.53. The highest BCUT2D eigenvalue weighted by molar-refractivity contribution is 5.79. The van der Waals surface area contributed by atoms with E-state index in [2.05, 4.69) is 17.1 Å². The molecule has 0 saturated carbocycles. The van der Waals surface area contributed by atoms with Gasteiger partial charge in [-0.05, 0) is 37.0 Å². The Morgan fingerprint density at radius 1 is 1.20 bits per heavy atom. The minimum absolute atomic E-state index is 0.162. The molecule has 1 N–H and O–H groups in total. The molecule has 0 atom stereocenters. The van der Waals surface area contributed by atoms with Crippen molar-refractivity contribution >= 4 is 12.4 Å². The number of amides is 1. The molecule has 5 nitrogen and oxygen atoms in total. The number of rotatable bonds is 3. The minimum Gasteiger partial charge on any atom is -0.483 e. The first-order valence-corrected chi connectivity index (χ1v) is 8.62. The van der Waals surface area contributed by atoms with Crippen LogP contribution in [0.5, 0.6) is 0 Å². The van der Waals surface area contributed by atoms with Crippen molar-refractivity contribution in [2.24, 2.45) is 5.92 Å². The van der Waals surface area contributed by atoms with Crippen LogP contribution in [0.1, 0.15) is 24.8 Å². The first-order chi connectivity index (χ1) is 12.1. The van der Waals surface area contributed by atoms with Crippen molar-refractivity contribution < 1.29 is 19.1 Å². The Morgan fingerprint density at radius 2 is 1.92 bits per heavy atom. The molecule has 0 aromatic heterocycles. The van der Waals surface area contributed by atoms with Gasteiger partial charge in [-0.15, -0.1) is 0 Å². The standard InChI is InChI=1S/C18H23FN2O.CH2O2/c19-17-8-3-5-15(13-17)14-20-9-4-10-21(12-11-20)18(22)16-6-1-2-7-16;2-1-3/h1-3,5,8,13,16H,4,6-7,9-12,14H2;1H,(H,2,3). The van der Waals surface area contributed by atoms with Crippen molar-refractivity contribution in [3.05, 3.63) is 47.8 Å². The first-order valence-electron chi connectivity index (χ1n) is 8.62. The van der Waals surface area contributed by atoms with Crippen LogP contribution < -0.4 is 0 Å². The lowest BCUT2D eigenvalue weighted by molar-refractivity contribution is -0.135. The van der Waals surface area contributed by atoms with Crippen LogP contribution in [0.4, 0.5) is 4.39 Å². The molecule has 3 rings (SSSR count). The van der Waals surface area contributed by atoms with Gasteiger partial charge < -0.3 is 10.0 Å². The first kappa shape index (κ1) is 19.1. The van der Waals surface area contributed by atoms with Crippen LogP contribution in [0.2, 0.25) is 0 Å². The summed E-state index contributed by atoms with van der Waals surface area (Å²) in [6.45, 7) is 3.95. The van der Waals surface area contributed by atoms with E-state index in [9.17, 15) is 9.18 Å². The molecule has 1 aliphatic carbocycles. The molecule has 25 heavy (non-hydrogen) atoms. The lowest BCUT2D eigenvalue weighted by Gasteiger charge is -2.24. The summed E-state index contributed by atoms with van der Waals surface area (Å²) in [4.78, 5) is 25.2. The summed E-state index contributed by atoms with van der Waals surface area (Å²) < 4.78 is 13.3. The quantitative estimate of drug-likeness (QED) is 0.674. The highest BCUT2D eigenvalue weighted by Gasteiger charge is 2.26. The molecule has 0 radical (unpaired) electrons. The number of allylic oxidation sites excluding steroid dienone is 2. The van der Waals surface area contributed by atoms with Gasteiger partial charge in [0.05, 0.1) is 0 Å². The van der Waals surface area contributed by atoms with Gasteiger partial charge in [-0.3, -0.25) is 14.5 Å². The Labute approximate surface area is 147 Å². The van der Waals surface area contributed by atoms with Gasteiger partial charge in [0.2, 0.25) is 5.91 Å². The molecular formula is C19H25FN2O3. The number of halogens is 1. The predicted molar refractivity (Wildman–Crippen MR) is 93.4 cm³/mol. The van der Waals surface area contributed by atoms with Crippen LogP contribution in [-0.2, 0) is 16.1 Å². The maximum absolute atomic E-state index is 13.3. The molecule has 1 saturated heterocycles. The van der Waals surface area contributed by atoms with E-state index in [1.807, 2.05) is 11.0 Å². The van der Waals surface area contributed by atoms with Crippen molar-refractivity contribution in [3.63, 3.8) is 0 Å². The van der Waals surface area contributed by atoms with Gasteiger partial charge >= 0.3 is 0 Å². The van der Waals surface area contributed by atoms with Gasteiger partial charge in [-0.2, -0.15) is 0 Å². The van der Waals surface area contributed by atoms with Crippen molar-refractivity contribution in [1.82, 2.24) is 9.80 Å². The van der Waals surface area contributed by atoms with Gasteiger partial charge in [0.15, 0.2) is 0 Å². The van der Waals surface area contributed by atoms with E-state index in [4.69, 9.17) is 9.90 Å². The molecule has 1 fully saturated rings. The van der Waals surface area contributed by atoms with Crippen LogP contribution in [0.25, 0.3) is 0 Å². The van der Waals surface area contributed by atoms with Crippen molar-refractivity contribution in [3.8, 4) is 0 Å². The maximum Gasteiger partial charge on any atom is 0.290 e. The van der Waals surface area contributed by atoms with Gasteiger partial charge in [0.1, 0.15) is 5.82 Å². The van der Waals surface area contributed by atoms with Gasteiger partial charge in [-0.1, -0.05) is 24.3 Å². The highest BCUT2D eigenvalue weighted by atomic mass is 19.1. The zero-order valence-corrected chi connectivity index (χ0v) is 14.3. The van der Waals surface area contributed by atoms with E-state index in [1.54, 1.807) is 12.1 Å². The van der Waals surface area contributed by atoms with E-state index in [0.717, 1.165) is 57.5 Å². The molecule has 1 aromatic rings. The summed E-state index contributed by atoms with van der Waals surface area (Å²) in [5.74, 6) is 0.283. The largest absolute Gasteiger partial charge is 0.483 e. The monoisotopic (exact) mass is 348 g/mol. The number of benzene rings is 1. The van der Waals surface area contributed by atoms with Crippen molar-refractivity contribution in [1.29, 1.82) is 0 Å². The number of carboxylic acid groups (broad SMARTS) is 1. The minimum atomic E-state index is -0.250. The summed E-state index contributed by atoms with van der Waals surface area (Å²) in [6.07, 6.45) is 6.99. The summed E-state index contributed by atoms with van der Waals surface area (Å²) in [7, 11) is 0. The fourth-order valence-corrected chi connectivity index (χ4v) is 3.32. The summed E-state index contributed by atoms with van der Waals surface area (Å²) in [5, 5.41) is 6.89. The number of hydrogen-bond acceptors (Lipinski definition) is 3. The number of carbonyl (C=O) groups is 2. The highest BCUT2D eigenvalue weighted by Crippen LogP contribution is 2.21. The Kier molecular flexibility index (Phi) is 7.60. The molecular weight excluding hydrogens is 323 g/mol. The average Bonchev–Trinajstić information content (AvgIpc) is 3.03. The molecule has 0 bridgehead atoms. The molecule has 1 heterocycles. The second-order valence-electron chi connectivity index (χ2n) is 6.33. The Hall–Kier alpha value is -2.21. The molecule has 1 aliphatic heterocycles. The second kappa shape index (κ2) is 9.93. The maximum atomic E-state index is 13.3.